The van der Waals surface area contributed by atoms with E-state index < -0.39 is 0 Å². The SMILES string of the molecule is COCCOCCCn1c(=O)[nH][nH]c1=S. The predicted molar refractivity (Wildman–Crippen MR) is 57.5 cm³/mol. The van der Waals surface area contributed by atoms with Crippen molar-refractivity contribution in [2.75, 3.05) is 26.9 Å². The molecule has 86 valence electrons. The van der Waals surface area contributed by atoms with E-state index in [1.165, 1.54) is 4.57 Å². The number of hydrogen-bond acceptors (Lipinski definition) is 4. The zero-order valence-corrected chi connectivity index (χ0v) is 9.43. The minimum atomic E-state index is -0.211. The molecule has 0 spiro atoms. The maximum absolute atomic E-state index is 11.2. The molecular formula is C8H15N3O3S. The number of nitrogens with one attached hydrogen (secondary N) is 2. The van der Waals surface area contributed by atoms with Crippen molar-refractivity contribution >= 4 is 12.2 Å². The number of H-pyrrole nitrogens is 2. The molecule has 1 aromatic heterocycles. The molecule has 0 saturated carbocycles. The molecule has 0 amide bonds. The zero-order chi connectivity index (χ0) is 11.1. The molecule has 1 heterocycles. The lowest BCUT2D eigenvalue weighted by atomic mass is 10.4. The Morgan fingerprint density at radius 3 is 2.73 bits per heavy atom. The van der Waals surface area contributed by atoms with Gasteiger partial charge in [0.2, 0.25) is 0 Å². The smallest absolute Gasteiger partial charge is 0.342 e. The molecule has 0 radical (unpaired) electrons. The summed E-state index contributed by atoms with van der Waals surface area (Å²) < 4.78 is 12.0. The highest BCUT2D eigenvalue weighted by molar-refractivity contribution is 7.71. The van der Waals surface area contributed by atoms with Gasteiger partial charge in [0.25, 0.3) is 0 Å². The molecule has 6 nitrogen and oxygen atoms in total. The van der Waals surface area contributed by atoms with E-state index >= 15 is 0 Å². The van der Waals surface area contributed by atoms with E-state index in [0.29, 0.717) is 31.1 Å². The van der Waals surface area contributed by atoms with E-state index in [1.54, 1.807) is 7.11 Å². The number of ether oxygens (including phenoxy) is 2. The Labute approximate surface area is 92.2 Å². The van der Waals surface area contributed by atoms with Crippen LogP contribution in [0.2, 0.25) is 0 Å². The second-order valence-electron chi connectivity index (χ2n) is 2.97. The first-order valence-electron chi connectivity index (χ1n) is 4.70. The summed E-state index contributed by atoms with van der Waals surface area (Å²) in [5.74, 6) is 0. The van der Waals surface area contributed by atoms with Crippen LogP contribution in [0.3, 0.4) is 0 Å². The Balaban J connectivity index is 2.21. The van der Waals surface area contributed by atoms with Crippen molar-refractivity contribution in [3.05, 3.63) is 15.3 Å². The van der Waals surface area contributed by atoms with Gasteiger partial charge >= 0.3 is 5.69 Å². The van der Waals surface area contributed by atoms with Crippen LogP contribution in [0.1, 0.15) is 6.42 Å². The number of methoxy groups -OCH3 is 1. The lowest BCUT2D eigenvalue weighted by Crippen LogP contribution is -2.18. The summed E-state index contributed by atoms with van der Waals surface area (Å²) in [4.78, 5) is 11.2. The van der Waals surface area contributed by atoms with Crippen LogP contribution in [0.4, 0.5) is 0 Å². The largest absolute Gasteiger partial charge is 0.382 e. The zero-order valence-electron chi connectivity index (χ0n) is 8.62. The maximum Gasteiger partial charge on any atom is 0.342 e. The van der Waals surface area contributed by atoms with E-state index in [1.807, 2.05) is 0 Å². The van der Waals surface area contributed by atoms with Crippen molar-refractivity contribution in [2.45, 2.75) is 13.0 Å². The van der Waals surface area contributed by atoms with Gasteiger partial charge in [0, 0.05) is 20.3 Å². The number of hydrogen-bond donors (Lipinski definition) is 2. The summed E-state index contributed by atoms with van der Waals surface area (Å²) >= 11 is 4.91. The third-order valence-electron chi connectivity index (χ3n) is 1.87. The van der Waals surface area contributed by atoms with E-state index in [-0.39, 0.29) is 5.69 Å². The van der Waals surface area contributed by atoms with Gasteiger partial charge in [-0.3, -0.25) is 9.67 Å². The van der Waals surface area contributed by atoms with Crippen LogP contribution >= 0.6 is 12.2 Å². The fourth-order valence-corrected chi connectivity index (χ4v) is 1.33. The summed E-state index contributed by atoms with van der Waals surface area (Å²) in [6.45, 7) is 2.32. The van der Waals surface area contributed by atoms with Gasteiger partial charge in [0.15, 0.2) is 4.77 Å². The van der Waals surface area contributed by atoms with Gasteiger partial charge in [-0.05, 0) is 18.6 Å². The Kier molecular flexibility index (Phi) is 5.30. The van der Waals surface area contributed by atoms with Crippen LogP contribution in [0.15, 0.2) is 4.79 Å². The van der Waals surface area contributed by atoms with Crippen LogP contribution in [-0.4, -0.2) is 41.7 Å². The second-order valence-corrected chi connectivity index (χ2v) is 3.36. The Morgan fingerprint density at radius 1 is 1.33 bits per heavy atom. The topological polar surface area (TPSA) is 72.0 Å². The molecule has 2 N–H and O–H groups in total. The lowest BCUT2D eigenvalue weighted by molar-refractivity contribution is 0.0679. The average molecular weight is 233 g/mol. The quantitative estimate of drug-likeness (QED) is 0.524. The fourth-order valence-electron chi connectivity index (χ4n) is 1.11. The Hall–Kier alpha value is -0.920. The Morgan fingerprint density at radius 2 is 2.13 bits per heavy atom. The highest BCUT2D eigenvalue weighted by Crippen LogP contribution is 1.89. The van der Waals surface area contributed by atoms with Crippen molar-refractivity contribution in [1.29, 1.82) is 0 Å². The molecule has 0 atom stereocenters. The summed E-state index contributed by atoms with van der Waals surface area (Å²) in [6.07, 6.45) is 0.749. The molecule has 0 aliphatic carbocycles. The van der Waals surface area contributed by atoms with Crippen LogP contribution < -0.4 is 5.69 Å². The molecule has 1 rings (SSSR count). The molecule has 0 aromatic carbocycles. The van der Waals surface area contributed by atoms with Crippen molar-refractivity contribution in [1.82, 2.24) is 14.8 Å². The number of aromatic amines is 2. The summed E-state index contributed by atoms with van der Waals surface area (Å²) in [5, 5.41) is 4.99. The first-order valence-corrected chi connectivity index (χ1v) is 5.10. The lowest BCUT2D eigenvalue weighted by Gasteiger charge is -2.03. The number of rotatable bonds is 7. The molecule has 7 heteroatoms. The number of nitrogens with zero attached hydrogens (tertiary/aromatic N) is 1. The Bertz CT molecular complexity index is 353. The van der Waals surface area contributed by atoms with Crippen molar-refractivity contribution in [2.24, 2.45) is 0 Å². The first kappa shape index (κ1) is 12.2. The maximum atomic E-state index is 11.2. The molecule has 15 heavy (non-hydrogen) atoms. The van der Waals surface area contributed by atoms with Gasteiger partial charge in [0.1, 0.15) is 0 Å². The van der Waals surface area contributed by atoms with Gasteiger partial charge in [-0.1, -0.05) is 0 Å². The molecule has 0 aliphatic heterocycles. The van der Waals surface area contributed by atoms with Crippen LogP contribution in [0, 0.1) is 4.77 Å². The van der Waals surface area contributed by atoms with Gasteiger partial charge in [-0.25, -0.2) is 9.89 Å². The molecular weight excluding hydrogens is 218 g/mol. The van der Waals surface area contributed by atoms with Gasteiger partial charge in [0.05, 0.1) is 13.2 Å². The molecule has 0 bridgehead atoms. The highest BCUT2D eigenvalue weighted by Gasteiger charge is 1.98. The fraction of sp³-hybridized carbons (Fsp3) is 0.750. The molecule has 0 aliphatic rings. The highest BCUT2D eigenvalue weighted by atomic mass is 32.1. The molecule has 0 unspecified atom stereocenters. The van der Waals surface area contributed by atoms with Crippen LogP contribution in [0.5, 0.6) is 0 Å². The van der Waals surface area contributed by atoms with Gasteiger partial charge in [-0.15, -0.1) is 0 Å². The monoisotopic (exact) mass is 233 g/mol. The van der Waals surface area contributed by atoms with Crippen molar-refractivity contribution < 1.29 is 9.47 Å². The van der Waals surface area contributed by atoms with Crippen molar-refractivity contribution in [3.63, 3.8) is 0 Å². The van der Waals surface area contributed by atoms with E-state index in [0.717, 1.165) is 6.42 Å². The first-order chi connectivity index (χ1) is 7.25. The van der Waals surface area contributed by atoms with Crippen LogP contribution in [0.25, 0.3) is 0 Å². The van der Waals surface area contributed by atoms with Crippen molar-refractivity contribution in [3.8, 4) is 0 Å². The minimum absolute atomic E-state index is 0.211. The van der Waals surface area contributed by atoms with E-state index in [2.05, 4.69) is 10.2 Å². The van der Waals surface area contributed by atoms with E-state index in [9.17, 15) is 4.79 Å². The normalized spacial score (nSPS) is 10.7. The molecule has 0 fully saturated rings. The van der Waals surface area contributed by atoms with Gasteiger partial charge < -0.3 is 9.47 Å². The summed E-state index contributed by atoms with van der Waals surface area (Å²) in [6, 6.07) is 0. The van der Waals surface area contributed by atoms with Crippen LogP contribution in [-0.2, 0) is 16.0 Å². The third kappa shape index (κ3) is 3.98. The third-order valence-corrected chi connectivity index (χ3v) is 2.19. The number of aromatic nitrogens is 3. The van der Waals surface area contributed by atoms with Gasteiger partial charge in [-0.2, -0.15) is 0 Å². The van der Waals surface area contributed by atoms with E-state index in [4.69, 9.17) is 21.7 Å². The predicted octanol–water partition coefficient (Wildman–Crippen LogP) is 0.287. The molecule has 0 saturated heterocycles. The molecule has 1 aromatic rings. The average Bonchev–Trinajstić information content (AvgIpc) is 2.54. The standard InChI is InChI=1S/C8H15N3O3S/c1-13-5-6-14-4-2-3-11-7(12)9-10-8(11)15/h2-6H2,1H3,(H,9,12)(H,10,15). The second kappa shape index (κ2) is 6.54. The minimum Gasteiger partial charge on any atom is -0.382 e. The summed E-state index contributed by atoms with van der Waals surface area (Å²) in [5.41, 5.74) is -0.211. The summed E-state index contributed by atoms with van der Waals surface area (Å²) in [7, 11) is 1.63.